The summed E-state index contributed by atoms with van der Waals surface area (Å²) in [6.45, 7) is 7.37. The van der Waals surface area contributed by atoms with E-state index in [1.807, 2.05) is 37.7 Å². The summed E-state index contributed by atoms with van der Waals surface area (Å²) in [6, 6.07) is 1.84. The number of ether oxygens (including phenoxy) is 1. The number of halogens is 1. The van der Waals surface area contributed by atoms with Crippen LogP contribution >= 0.6 is 11.6 Å². The van der Waals surface area contributed by atoms with E-state index in [-0.39, 0.29) is 23.2 Å². The summed E-state index contributed by atoms with van der Waals surface area (Å²) in [5.41, 5.74) is 0.433. The van der Waals surface area contributed by atoms with Crippen molar-refractivity contribution in [2.75, 3.05) is 0 Å². The molecule has 0 amide bonds. The molecule has 1 aliphatic rings. The van der Waals surface area contributed by atoms with Crippen LogP contribution in [0.15, 0.2) is 24.7 Å². The van der Waals surface area contributed by atoms with Crippen molar-refractivity contribution < 1.29 is 13.2 Å². The summed E-state index contributed by atoms with van der Waals surface area (Å²) >= 11 is 5.91. The number of sulfone groups is 1. The summed E-state index contributed by atoms with van der Waals surface area (Å²) in [5.74, 6) is 0.955. The van der Waals surface area contributed by atoms with E-state index < -0.39 is 21.2 Å². The molecule has 0 aromatic carbocycles. The fourth-order valence-electron chi connectivity index (χ4n) is 3.73. The van der Waals surface area contributed by atoms with E-state index in [0.717, 1.165) is 12.8 Å². The lowest BCUT2D eigenvalue weighted by atomic mass is 10.2. The number of rotatable bonds is 9. The van der Waals surface area contributed by atoms with Gasteiger partial charge in [-0.1, -0.05) is 11.6 Å². The molecule has 1 aliphatic carbocycles. The highest BCUT2D eigenvalue weighted by Gasteiger charge is 2.44. The van der Waals surface area contributed by atoms with Gasteiger partial charge in [0.2, 0.25) is 0 Å². The fourth-order valence-corrected chi connectivity index (χ4v) is 5.20. The quantitative estimate of drug-likeness (QED) is 0.446. The molecule has 0 radical (unpaired) electrons. The molecule has 0 spiro atoms. The van der Waals surface area contributed by atoms with Crippen molar-refractivity contribution in [1.82, 2.24) is 34.5 Å². The number of aromatic nitrogens is 7. The van der Waals surface area contributed by atoms with Crippen LogP contribution in [0.3, 0.4) is 0 Å². The molecule has 2 atom stereocenters. The van der Waals surface area contributed by atoms with Gasteiger partial charge in [0.05, 0.1) is 16.4 Å². The van der Waals surface area contributed by atoms with E-state index in [9.17, 15) is 8.42 Å². The molecule has 12 heteroatoms. The molecule has 3 heterocycles. The van der Waals surface area contributed by atoms with E-state index in [4.69, 9.17) is 16.3 Å². The highest BCUT2D eigenvalue weighted by molar-refractivity contribution is 7.91. The van der Waals surface area contributed by atoms with Crippen molar-refractivity contribution >= 4 is 21.4 Å². The zero-order valence-electron chi connectivity index (χ0n) is 19.3. The molecule has 0 bridgehead atoms. The SMILES string of the molecule is CC(C)O[C@@H](c1ncc(Cl)cn1)[C@H](C)S(=O)(=O)Cc1nnc(-c2ccn(C)n2)n1C1(C)CC1. The van der Waals surface area contributed by atoms with Gasteiger partial charge in [-0.15, -0.1) is 10.2 Å². The molecule has 1 saturated carbocycles. The monoisotopic (exact) mass is 493 g/mol. The normalized spacial score (nSPS) is 17.3. The van der Waals surface area contributed by atoms with Gasteiger partial charge in [0.1, 0.15) is 23.4 Å². The molecular weight excluding hydrogens is 466 g/mol. The predicted molar refractivity (Wildman–Crippen MR) is 123 cm³/mol. The highest BCUT2D eigenvalue weighted by Crippen LogP contribution is 2.46. The first kappa shape index (κ1) is 23.8. The lowest BCUT2D eigenvalue weighted by molar-refractivity contribution is 0.00142. The van der Waals surface area contributed by atoms with Crippen LogP contribution in [0.5, 0.6) is 0 Å². The Morgan fingerprint density at radius 2 is 1.85 bits per heavy atom. The zero-order valence-corrected chi connectivity index (χ0v) is 20.9. The van der Waals surface area contributed by atoms with Crippen LogP contribution in [-0.4, -0.2) is 54.3 Å². The van der Waals surface area contributed by atoms with Crippen molar-refractivity contribution in [1.29, 1.82) is 0 Å². The smallest absolute Gasteiger partial charge is 0.185 e. The molecule has 178 valence electrons. The van der Waals surface area contributed by atoms with Gasteiger partial charge in [-0.05, 0) is 46.6 Å². The lowest BCUT2D eigenvalue weighted by Gasteiger charge is -2.25. The molecule has 0 unspecified atom stereocenters. The van der Waals surface area contributed by atoms with Crippen molar-refractivity contribution in [2.45, 2.75) is 69.3 Å². The van der Waals surface area contributed by atoms with Crippen LogP contribution in [0.25, 0.3) is 11.5 Å². The van der Waals surface area contributed by atoms with E-state index >= 15 is 0 Å². The van der Waals surface area contributed by atoms with E-state index in [0.29, 0.717) is 22.4 Å². The second-order valence-corrected chi connectivity index (χ2v) is 11.8. The molecule has 10 nitrogen and oxygen atoms in total. The first-order valence-corrected chi connectivity index (χ1v) is 12.9. The Bertz CT molecular complexity index is 1230. The maximum absolute atomic E-state index is 13.6. The third kappa shape index (κ3) is 4.95. The molecule has 4 rings (SSSR count). The van der Waals surface area contributed by atoms with Crippen LogP contribution in [-0.2, 0) is 32.9 Å². The minimum Gasteiger partial charge on any atom is -0.366 e. The third-order valence-corrected chi connectivity index (χ3v) is 8.06. The Balaban J connectivity index is 1.67. The topological polar surface area (TPSA) is 118 Å². The van der Waals surface area contributed by atoms with Crippen molar-refractivity contribution in [3.05, 3.63) is 41.3 Å². The largest absolute Gasteiger partial charge is 0.366 e. The van der Waals surface area contributed by atoms with Gasteiger partial charge in [-0.2, -0.15) is 5.10 Å². The van der Waals surface area contributed by atoms with Gasteiger partial charge >= 0.3 is 0 Å². The second kappa shape index (κ2) is 8.77. The van der Waals surface area contributed by atoms with Gasteiger partial charge in [0.25, 0.3) is 0 Å². The van der Waals surface area contributed by atoms with Gasteiger partial charge < -0.3 is 9.30 Å². The first-order valence-electron chi connectivity index (χ1n) is 10.8. The number of hydrogen-bond acceptors (Lipinski definition) is 8. The first-order chi connectivity index (χ1) is 15.5. The van der Waals surface area contributed by atoms with Crippen molar-refractivity contribution in [2.24, 2.45) is 7.05 Å². The van der Waals surface area contributed by atoms with Crippen LogP contribution in [0.2, 0.25) is 5.02 Å². The summed E-state index contributed by atoms with van der Waals surface area (Å²) < 4.78 is 36.7. The molecule has 0 saturated heterocycles. The number of hydrogen-bond donors (Lipinski definition) is 0. The summed E-state index contributed by atoms with van der Waals surface area (Å²) in [5, 5.41) is 12.5. The van der Waals surface area contributed by atoms with E-state index in [1.165, 1.54) is 12.4 Å². The Morgan fingerprint density at radius 3 is 2.39 bits per heavy atom. The molecule has 0 N–H and O–H groups in total. The Morgan fingerprint density at radius 1 is 1.18 bits per heavy atom. The summed E-state index contributed by atoms with van der Waals surface area (Å²) in [4.78, 5) is 8.42. The van der Waals surface area contributed by atoms with Crippen LogP contribution in [0, 0.1) is 0 Å². The standard InChI is InChI=1S/C21H28ClN7O3S/c1-13(2)32-18(19-23-10-15(22)11-24-19)14(3)33(30,31)12-17-25-26-20(16-6-9-28(5)27-16)29(17)21(4)7-8-21/h6,9-11,13-14,18H,7-8,12H2,1-5H3/t14-,18+/m0/s1. The third-order valence-electron chi connectivity index (χ3n) is 5.82. The molecule has 0 aliphatic heterocycles. The summed E-state index contributed by atoms with van der Waals surface area (Å²) in [6.07, 6.45) is 5.46. The molecule has 1 fully saturated rings. The molecule has 33 heavy (non-hydrogen) atoms. The second-order valence-electron chi connectivity index (χ2n) is 9.02. The molecular formula is C21H28ClN7O3S. The van der Waals surface area contributed by atoms with Gasteiger partial charge in [0.15, 0.2) is 21.5 Å². The fraction of sp³-hybridized carbons (Fsp3) is 0.571. The lowest BCUT2D eigenvalue weighted by Crippen LogP contribution is -2.32. The maximum atomic E-state index is 13.6. The van der Waals surface area contributed by atoms with Crippen LogP contribution in [0.4, 0.5) is 0 Å². The maximum Gasteiger partial charge on any atom is 0.185 e. The number of aryl methyl sites for hydroxylation is 1. The van der Waals surface area contributed by atoms with Crippen LogP contribution < -0.4 is 0 Å². The minimum atomic E-state index is -3.72. The zero-order chi connectivity index (χ0) is 24.0. The Kier molecular flexibility index (Phi) is 6.32. The highest BCUT2D eigenvalue weighted by atomic mass is 35.5. The van der Waals surface area contributed by atoms with E-state index in [2.05, 4.69) is 32.2 Å². The van der Waals surface area contributed by atoms with Crippen LogP contribution in [0.1, 0.15) is 58.3 Å². The minimum absolute atomic E-state index is 0.225. The average molecular weight is 494 g/mol. The van der Waals surface area contributed by atoms with Crippen molar-refractivity contribution in [3.63, 3.8) is 0 Å². The summed E-state index contributed by atoms with van der Waals surface area (Å²) in [7, 11) is -1.90. The average Bonchev–Trinajstić information content (AvgIpc) is 3.13. The van der Waals surface area contributed by atoms with Gasteiger partial charge in [-0.25, -0.2) is 18.4 Å². The Hall–Kier alpha value is -2.37. The van der Waals surface area contributed by atoms with Gasteiger partial charge in [-0.3, -0.25) is 4.68 Å². The molecule has 3 aromatic heterocycles. The molecule has 3 aromatic rings. The Labute approximate surface area is 198 Å². The number of nitrogens with zero attached hydrogens (tertiary/aromatic N) is 7. The predicted octanol–water partition coefficient (Wildman–Crippen LogP) is 3.10. The van der Waals surface area contributed by atoms with E-state index in [1.54, 1.807) is 11.6 Å². The van der Waals surface area contributed by atoms with Gasteiger partial charge in [0, 0.05) is 31.2 Å². The van der Waals surface area contributed by atoms with Crippen molar-refractivity contribution in [3.8, 4) is 11.5 Å².